The number of hydrogen-bond acceptors (Lipinski definition) is 12. The molecule has 2 aromatic rings. The number of ether oxygens (including phenoxy) is 4. The number of aromatic hydroxyl groups is 3. The first-order valence-corrected chi connectivity index (χ1v) is 10.4. The van der Waals surface area contributed by atoms with E-state index in [4.69, 9.17) is 18.9 Å². The molecule has 5 atom stereocenters. The van der Waals surface area contributed by atoms with E-state index in [0.717, 1.165) is 6.92 Å². The summed E-state index contributed by atoms with van der Waals surface area (Å²) in [5, 5.41) is 60.2. The summed E-state index contributed by atoms with van der Waals surface area (Å²) in [6.45, 7) is 0.723. The Bertz CT molecular complexity index is 1190. The fourth-order valence-electron chi connectivity index (χ4n) is 3.57. The maximum Gasteiger partial charge on any atom is 0.302 e. The van der Waals surface area contributed by atoms with Crippen molar-refractivity contribution in [1.82, 2.24) is 0 Å². The molecule has 2 aromatic carbocycles. The molecule has 0 aliphatic carbocycles. The van der Waals surface area contributed by atoms with E-state index in [9.17, 15) is 40.2 Å². The lowest BCUT2D eigenvalue weighted by Crippen LogP contribution is -2.60. The number of esters is 1. The van der Waals surface area contributed by atoms with Crippen LogP contribution in [-0.2, 0) is 14.3 Å². The average molecular weight is 490 g/mol. The predicted molar refractivity (Wildman–Crippen MR) is 115 cm³/mol. The van der Waals surface area contributed by atoms with Gasteiger partial charge >= 0.3 is 5.97 Å². The van der Waals surface area contributed by atoms with Gasteiger partial charge in [-0.05, 0) is 35.9 Å². The first kappa shape index (κ1) is 24.3. The molecule has 12 heteroatoms. The Morgan fingerprint density at radius 1 is 1.03 bits per heavy atom. The zero-order chi connectivity index (χ0) is 25.4. The van der Waals surface area contributed by atoms with Crippen LogP contribution in [0.5, 0.6) is 28.7 Å². The Balaban J connectivity index is 1.55. The van der Waals surface area contributed by atoms with Crippen molar-refractivity contribution >= 4 is 17.8 Å². The Labute approximate surface area is 197 Å². The lowest BCUT2D eigenvalue weighted by atomic mass is 9.99. The van der Waals surface area contributed by atoms with E-state index < -0.39 is 60.6 Å². The molecular weight excluding hydrogens is 468 g/mol. The highest BCUT2D eigenvalue weighted by Crippen LogP contribution is 2.45. The van der Waals surface area contributed by atoms with Crippen LogP contribution >= 0.6 is 0 Å². The van der Waals surface area contributed by atoms with Crippen LogP contribution in [0.25, 0.3) is 6.08 Å². The van der Waals surface area contributed by atoms with Gasteiger partial charge in [0.05, 0.1) is 5.56 Å². The molecule has 1 saturated heterocycles. The summed E-state index contributed by atoms with van der Waals surface area (Å²) in [5.41, 5.74) is 0.356. The van der Waals surface area contributed by atoms with Crippen LogP contribution in [0.15, 0.2) is 36.1 Å². The maximum absolute atomic E-state index is 12.7. The zero-order valence-corrected chi connectivity index (χ0v) is 18.2. The van der Waals surface area contributed by atoms with E-state index in [1.165, 1.54) is 36.4 Å². The number of hydrogen-bond donors (Lipinski definition) is 6. The molecule has 0 spiro atoms. The lowest BCUT2D eigenvalue weighted by Gasteiger charge is -2.39. The van der Waals surface area contributed by atoms with Crippen molar-refractivity contribution in [2.45, 2.75) is 37.6 Å². The third kappa shape index (κ3) is 4.72. The minimum atomic E-state index is -1.73. The van der Waals surface area contributed by atoms with Crippen LogP contribution in [0.3, 0.4) is 0 Å². The fourth-order valence-corrected chi connectivity index (χ4v) is 3.57. The smallest absolute Gasteiger partial charge is 0.302 e. The third-order valence-corrected chi connectivity index (χ3v) is 5.43. The van der Waals surface area contributed by atoms with Gasteiger partial charge in [0.1, 0.15) is 31.0 Å². The molecule has 35 heavy (non-hydrogen) atoms. The van der Waals surface area contributed by atoms with Crippen LogP contribution in [0, 0.1) is 0 Å². The molecule has 0 unspecified atom stereocenters. The number of carbonyl (C=O) groups is 2. The van der Waals surface area contributed by atoms with Crippen molar-refractivity contribution in [3.63, 3.8) is 0 Å². The van der Waals surface area contributed by atoms with Gasteiger partial charge in [-0.1, -0.05) is 6.07 Å². The Morgan fingerprint density at radius 3 is 2.46 bits per heavy atom. The van der Waals surface area contributed by atoms with Crippen molar-refractivity contribution in [1.29, 1.82) is 0 Å². The fraction of sp³-hybridized carbons (Fsp3) is 0.304. The molecule has 12 nitrogen and oxygen atoms in total. The molecule has 2 heterocycles. The van der Waals surface area contributed by atoms with Crippen LogP contribution in [0.1, 0.15) is 22.8 Å². The summed E-state index contributed by atoms with van der Waals surface area (Å²) < 4.78 is 21.2. The van der Waals surface area contributed by atoms with Gasteiger partial charge < -0.3 is 49.6 Å². The Kier molecular flexibility index (Phi) is 6.54. The zero-order valence-electron chi connectivity index (χ0n) is 18.2. The number of phenols is 3. The van der Waals surface area contributed by atoms with Crippen LogP contribution in [0.2, 0.25) is 0 Å². The number of rotatable bonds is 5. The third-order valence-electron chi connectivity index (χ3n) is 5.43. The van der Waals surface area contributed by atoms with Crippen molar-refractivity contribution < 1.29 is 59.2 Å². The molecule has 1 fully saturated rings. The van der Waals surface area contributed by atoms with Gasteiger partial charge in [-0.2, -0.15) is 0 Å². The molecule has 0 radical (unpaired) electrons. The monoisotopic (exact) mass is 490 g/mol. The summed E-state index contributed by atoms with van der Waals surface area (Å²) in [6.07, 6.45) is -6.53. The van der Waals surface area contributed by atoms with Crippen LogP contribution < -0.4 is 9.47 Å². The molecule has 2 aliphatic rings. The molecule has 0 amide bonds. The van der Waals surface area contributed by atoms with E-state index in [1.807, 2.05) is 0 Å². The van der Waals surface area contributed by atoms with E-state index in [0.29, 0.717) is 5.56 Å². The minimum absolute atomic E-state index is 0.0115. The predicted octanol–water partition coefficient (Wildman–Crippen LogP) is 0.169. The van der Waals surface area contributed by atoms with Crippen LogP contribution in [0.4, 0.5) is 0 Å². The van der Waals surface area contributed by atoms with E-state index in [-0.39, 0.29) is 28.6 Å². The Hall–Kier alpha value is -3.84. The summed E-state index contributed by atoms with van der Waals surface area (Å²) in [7, 11) is 0. The lowest BCUT2D eigenvalue weighted by molar-refractivity contribution is -0.278. The number of Topliss-reactive ketones (excluding diaryl/α,β-unsaturated/α-hetero) is 1. The highest BCUT2D eigenvalue weighted by atomic mass is 16.7. The number of benzene rings is 2. The highest BCUT2D eigenvalue weighted by Gasteiger charge is 2.46. The molecule has 186 valence electrons. The molecule has 0 bridgehead atoms. The van der Waals surface area contributed by atoms with E-state index >= 15 is 0 Å². The molecule has 0 aromatic heterocycles. The number of aliphatic hydroxyl groups excluding tert-OH is 3. The van der Waals surface area contributed by atoms with Crippen molar-refractivity contribution in [2.75, 3.05) is 6.61 Å². The summed E-state index contributed by atoms with van der Waals surface area (Å²) >= 11 is 0. The molecule has 6 N–H and O–H groups in total. The number of aliphatic hydroxyl groups is 3. The second-order valence-electron chi connectivity index (χ2n) is 7.91. The highest BCUT2D eigenvalue weighted by molar-refractivity contribution is 6.15. The van der Waals surface area contributed by atoms with Crippen LogP contribution in [-0.4, -0.2) is 79.7 Å². The topological polar surface area (TPSA) is 192 Å². The average Bonchev–Trinajstić information content (AvgIpc) is 3.13. The summed E-state index contributed by atoms with van der Waals surface area (Å²) in [4.78, 5) is 23.7. The SMILES string of the molecule is CC(=O)OC[C@H]1O[C@@H](Oc2ccc3c(c2O)OC(=Cc2ccc(O)c(O)c2)C3=O)[C@H](O)[C@@H](O)[C@@H]1O. The van der Waals surface area contributed by atoms with Crippen molar-refractivity contribution in [3.8, 4) is 28.7 Å². The van der Waals surface area contributed by atoms with Gasteiger partial charge in [-0.3, -0.25) is 9.59 Å². The van der Waals surface area contributed by atoms with Gasteiger partial charge in [0.15, 0.2) is 28.8 Å². The number of ketones is 1. The van der Waals surface area contributed by atoms with E-state index in [1.54, 1.807) is 0 Å². The van der Waals surface area contributed by atoms with Gasteiger partial charge in [0.25, 0.3) is 0 Å². The minimum Gasteiger partial charge on any atom is -0.504 e. The Morgan fingerprint density at radius 2 is 1.77 bits per heavy atom. The maximum atomic E-state index is 12.7. The largest absolute Gasteiger partial charge is 0.504 e. The second kappa shape index (κ2) is 9.43. The number of phenolic OH excluding ortho intramolecular Hbond substituents is 3. The summed E-state index contributed by atoms with van der Waals surface area (Å²) in [6, 6.07) is 6.40. The molecular formula is C23H22O12. The van der Waals surface area contributed by atoms with Gasteiger partial charge in [0, 0.05) is 6.92 Å². The van der Waals surface area contributed by atoms with Gasteiger partial charge in [0.2, 0.25) is 17.8 Å². The molecule has 0 saturated carbocycles. The standard InChI is InChI=1S/C23H22O12/c1-9(24)32-8-16-18(28)20(30)21(31)23(35-16)34-14-5-3-11-17(27)15(33-22(11)19(14)29)7-10-2-4-12(25)13(26)6-10/h2-7,16,18,20-21,23,25-26,28-31H,8H2,1H3/t16-,18-,20+,21-,23-/m1/s1. The first-order chi connectivity index (χ1) is 16.6. The normalized spacial score (nSPS) is 26.8. The van der Waals surface area contributed by atoms with Gasteiger partial charge in [-0.25, -0.2) is 0 Å². The quantitative estimate of drug-likeness (QED) is 0.189. The summed E-state index contributed by atoms with van der Waals surface area (Å²) in [5.74, 6) is -3.22. The number of allylic oxidation sites excluding steroid dienone is 1. The first-order valence-electron chi connectivity index (χ1n) is 10.4. The number of fused-ring (bicyclic) bond motifs is 1. The second-order valence-corrected chi connectivity index (χ2v) is 7.91. The van der Waals surface area contributed by atoms with E-state index in [2.05, 4.69) is 0 Å². The van der Waals surface area contributed by atoms with Crippen molar-refractivity contribution in [3.05, 3.63) is 47.2 Å². The van der Waals surface area contributed by atoms with Crippen molar-refractivity contribution in [2.24, 2.45) is 0 Å². The molecule has 2 aliphatic heterocycles. The number of carbonyl (C=O) groups excluding carboxylic acids is 2. The van der Waals surface area contributed by atoms with Gasteiger partial charge in [-0.15, -0.1) is 0 Å². The molecule has 4 rings (SSSR count).